The standard InChI is InChI=1S/C10H14ClN3S/c1-7-5-9(13-10(11)12-7)14-3-4-15-8(2)6-14/h5,8H,3-4,6H2,1-2H3. The number of hydrogen-bond acceptors (Lipinski definition) is 4. The van der Waals surface area contributed by atoms with Gasteiger partial charge in [-0.1, -0.05) is 6.92 Å². The van der Waals surface area contributed by atoms with Crippen molar-refractivity contribution in [2.45, 2.75) is 19.1 Å². The molecule has 1 aliphatic heterocycles. The fraction of sp³-hybridized carbons (Fsp3) is 0.600. The maximum absolute atomic E-state index is 5.85. The molecule has 0 amide bonds. The Morgan fingerprint density at radius 1 is 1.53 bits per heavy atom. The van der Waals surface area contributed by atoms with Gasteiger partial charge in [-0.3, -0.25) is 0 Å². The minimum absolute atomic E-state index is 0.343. The van der Waals surface area contributed by atoms with E-state index in [2.05, 4.69) is 21.8 Å². The average Bonchev–Trinajstić information content (AvgIpc) is 2.16. The van der Waals surface area contributed by atoms with Gasteiger partial charge in [-0.05, 0) is 18.5 Å². The predicted octanol–water partition coefficient (Wildman–Crippen LogP) is 2.38. The summed E-state index contributed by atoms with van der Waals surface area (Å²) >= 11 is 7.86. The molecule has 1 aromatic heterocycles. The van der Waals surface area contributed by atoms with E-state index < -0.39 is 0 Å². The van der Waals surface area contributed by atoms with E-state index in [1.54, 1.807) is 0 Å². The molecule has 0 saturated carbocycles. The predicted molar refractivity (Wildman–Crippen MR) is 65.9 cm³/mol. The Morgan fingerprint density at radius 2 is 2.33 bits per heavy atom. The third-order valence-electron chi connectivity index (χ3n) is 2.38. The summed E-state index contributed by atoms with van der Waals surface area (Å²) in [6.45, 7) is 6.27. The van der Waals surface area contributed by atoms with E-state index in [-0.39, 0.29) is 0 Å². The molecule has 0 radical (unpaired) electrons. The van der Waals surface area contributed by atoms with Crippen molar-refractivity contribution in [2.75, 3.05) is 23.7 Å². The Labute approximate surface area is 99.2 Å². The highest BCUT2D eigenvalue weighted by molar-refractivity contribution is 8.00. The Kier molecular flexibility index (Phi) is 3.36. The van der Waals surface area contributed by atoms with Crippen LogP contribution in [-0.4, -0.2) is 34.1 Å². The number of aryl methyl sites for hydroxylation is 1. The van der Waals surface area contributed by atoms with Gasteiger partial charge in [-0.2, -0.15) is 11.8 Å². The Bertz CT molecular complexity index is 338. The summed E-state index contributed by atoms with van der Waals surface area (Å²) in [4.78, 5) is 10.6. The van der Waals surface area contributed by atoms with Gasteiger partial charge in [0, 0.05) is 35.9 Å². The molecule has 1 saturated heterocycles. The zero-order valence-electron chi connectivity index (χ0n) is 8.90. The molecular weight excluding hydrogens is 230 g/mol. The van der Waals surface area contributed by atoms with Crippen LogP contribution in [0.2, 0.25) is 5.28 Å². The number of rotatable bonds is 1. The molecule has 0 aromatic carbocycles. The number of hydrogen-bond donors (Lipinski definition) is 0. The first kappa shape index (κ1) is 11.0. The number of anilines is 1. The highest BCUT2D eigenvalue weighted by Gasteiger charge is 2.18. The van der Waals surface area contributed by atoms with E-state index in [1.807, 2.05) is 24.8 Å². The number of thioether (sulfide) groups is 1. The average molecular weight is 244 g/mol. The summed E-state index contributed by atoms with van der Waals surface area (Å²) in [5.74, 6) is 2.11. The Morgan fingerprint density at radius 3 is 3.00 bits per heavy atom. The molecular formula is C10H14ClN3S. The lowest BCUT2D eigenvalue weighted by atomic mass is 10.3. The smallest absolute Gasteiger partial charge is 0.224 e. The molecule has 1 fully saturated rings. The lowest BCUT2D eigenvalue weighted by Crippen LogP contribution is -2.37. The highest BCUT2D eigenvalue weighted by Crippen LogP contribution is 2.23. The van der Waals surface area contributed by atoms with Crippen molar-refractivity contribution in [2.24, 2.45) is 0 Å². The van der Waals surface area contributed by atoms with Gasteiger partial charge in [0.15, 0.2) is 0 Å². The second-order valence-electron chi connectivity index (χ2n) is 3.76. The van der Waals surface area contributed by atoms with E-state index in [9.17, 15) is 0 Å². The summed E-state index contributed by atoms with van der Waals surface area (Å²) in [7, 11) is 0. The van der Waals surface area contributed by atoms with Gasteiger partial charge >= 0.3 is 0 Å². The van der Waals surface area contributed by atoms with Gasteiger partial charge in [0.05, 0.1) is 0 Å². The Balaban J connectivity index is 2.20. The number of nitrogens with zero attached hydrogens (tertiary/aromatic N) is 3. The van der Waals surface area contributed by atoms with Crippen molar-refractivity contribution >= 4 is 29.2 Å². The molecule has 1 aromatic rings. The fourth-order valence-corrected chi connectivity index (χ4v) is 2.94. The molecule has 82 valence electrons. The van der Waals surface area contributed by atoms with Crippen molar-refractivity contribution < 1.29 is 0 Å². The lowest BCUT2D eigenvalue weighted by Gasteiger charge is -2.31. The van der Waals surface area contributed by atoms with Crippen LogP contribution in [0.15, 0.2) is 6.07 Å². The zero-order chi connectivity index (χ0) is 10.8. The molecule has 2 heterocycles. The van der Waals surface area contributed by atoms with Gasteiger partial charge in [-0.15, -0.1) is 0 Å². The minimum Gasteiger partial charge on any atom is -0.355 e. The van der Waals surface area contributed by atoms with Crippen molar-refractivity contribution in [1.82, 2.24) is 9.97 Å². The molecule has 3 nitrogen and oxygen atoms in total. The van der Waals surface area contributed by atoms with E-state index in [1.165, 1.54) is 0 Å². The van der Waals surface area contributed by atoms with Crippen LogP contribution in [0.4, 0.5) is 5.82 Å². The first-order valence-electron chi connectivity index (χ1n) is 5.03. The van der Waals surface area contributed by atoms with Crippen molar-refractivity contribution in [1.29, 1.82) is 0 Å². The minimum atomic E-state index is 0.343. The largest absolute Gasteiger partial charge is 0.355 e. The van der Waals surface area contributed by atoms with E-state index in [0.29, 0.717) is 10.5 Å². The molecule has 15 heavy (non-hydrogen) atoms. The Hall–Kier alpha value is -0.480. The topological polar surface area (TPSA) is 29.0 Å². The van der Waals surface area contributed by atoms with Crippen LogP contribution in [0, 0.1) is 6.92 Å². The zero-order valence-corrected chi connectivity index (χ0v) is 10.5. The van der Waals surface area contributed by atoms with E-state index >= 15 is 0 Å². The molecule has 0 spiro atoms. The highest BCUT2D eigenvalue weighted by atomic mass is 35.5. The van der Waals surface area contributed by atoms with Gasteiger partial charge in [0.2, 0.25) is 5.28 Å². The van der Waals surface area contributed by atoms with Crippen molar-refractivity contribution in [3.63, 3.8) is 0 Å². The van der Waals surface area contributed by atoms with Gasteiger partial charge < -0.3 is 4.90 Å². The molecule has 0 aliphatic carbocycles. The maximum Gasteiger partial charge on any atom is 0.224 e. The first-order chi connectivity index (χ1) is 7.15. The fourth-order valence-electron chi connectivity index (χ4n) is 1.70. The molecule has 1 atom stereocenters. The third-order valence-corrected chi connectivity index (χ3v) is 3.68. The van der Waals surface area contributed by atoms with Gasteiger partial charge in [0.1, 0.15) is 5.82 Å². The van der Waals surface area contributed by atoms with E-state index in [4.69, 9.17) is 11.6 Å². The summed E-state index contributed by atoms with van der Waals surface area (Å²) in [6.07, 6.45) is 0. The number of halogens is 1. The molecule has 5 heteroatoms. The van der Waals surface area contributed by atoms with Crippen molar-refractivity contribution in [3.8, 4) is 0 Å². The molecule has 0 bridgehead atoms. The summed E-state index contributed by atoms with van der Waals surface area (Å²) < 4.78 is 0. The quantitative estimate of drug-likeness (QED) is 0.709. The van der Waals surface area contributed by atoms with Crippen LogP contribution < -0.4 is 4.90 Å². The van der Waals surface area contributed by atoms with Crippen molar-refractivity contribution in [3.05, 3.63) is 17.0 Å². The van der Waals surface area contributed by atoms with Crippen LogP contribution in [0.3, 0.4) is 0 Å². The van der Waals surface area contributed by atoms with E-state index in [0.717, 1.165) is 30.4 Å². The summed E-state index contributed by atoms with van der Waals surface area (Å²) in [5, 5.41) is 1.00. The van der Waals surface area contributed by atoms with Crippen LogP contribution in [0.25, 0.3) is 0 Å². The number of aromatic nitrogens is 2. The third kappa shape index (κ3) is 2.75. The molecule has 1 aliphatic rings. The molecule has 0 N–H and O–H groups in total. The first-order valence-corrected chi connectivity index (χ1v) is 6.45. The monoisotopic (exact) mass is 243 g/mol. The maximum atomic E-state index is 5.85. The molecule has 2 rings (SSSR count). The van der Waals surface area contributed by atoms with Crippen LogP contribution >= 0.6 is 23.4 Å². The second-order valence-corrected chi connectivity index (χ2v) is 5.65. The summed E-state index contributed by atoms with van der Waals surface area (Å²) in [5.41, 5.74) is 0.927. The van der Waals surface area contributed by atoms with Gasteiger partial charge in [0.25, 0.3) is 0 Å². The second kappa shape index (κ2) is 4.58. The van der Waals surface area contributed by atoms with Crippen LogP contribution in [0.5, 0.6) is 0 Å². The van der Waals surface area contributed by atoms with Crippen LogP contribution in [0.1, 0.15) is 12.6 Å². The van der Waals surface area contributed by atoms with Gasteiger partial charge in [-0.25, -0.2) is 9.97 Å². The SMILES string of the molecule is Cc1cc(N2CCSC(C)C2)nc(Cl)n1. The lowest BCUT2D eigenvalue weighted by molar-refractivity contribution is 0.767. The normalized spacial score (nSPS) is 21.8. The van der Waals surface area contributed by atoms with Crippen LogP contribution in [-0.2, 0) is 0 Å². The molecule has 1 unspecified atom stereocenters. The summed E-state index contributed by atoms with van der Waals surface area (Å²) in [6, 6.07) is 1.99.